The Labute approximate surface area is 190 Å². The average Bonchev–Trinajstić information content (AvgIpc) is 3.38. The quantitative estimate of drug-likeness (QED) is 0.398. The summed E-state index contributed by atoms with van der Waals surface area (Å²) >= 11 is 0. The van der Waals surface area contributed by atoms with Crippen molar-refractivity contribution in [3.63, 3.8) is 0 Å². The highest BCUT2D eigenvalue weighted by atomic mass is 19.1. The third kappa shape index (κ3) is 4.29. The van der Waals surface area contributed by atoms with Crippen molar-refractivity contribution in [3.8, 4) is 11.4 Å². The zero-order valence-corrected chi connectivity index (χ0v) is 18.8. The maximum absolute atomic E-state index is 14.6. The molecule has 1 saturated carbocycles. The molecule has 170 valence electrons. The first-order valence-corrected chi connectivity index (χ1v) is 11.4. The Hall–Kier alpha value is -3.42. The number of carbonyl (C=O) groups is 1. The molecule has 0 aliphatic heterocycles. The predicted octanol–water partition coefficient (Wildman–Crippen LogP) is 5.39. The van der Waals surface area contributed by atoms with Crippen LogP contribution in [-0.4, -0.2) is 30.7 Å². The van der Waals surface area contributed by atoms with Gasteiger partial charge in [-0.1, -0.05) is 12.8 Å². The number of Topliss-reactive ketones (excluding diaryl/α,β-unsaturated/α-hetero) is 1. The second-order valence-electron chi connectivity index (χ2n) is 9.06. The molecular weight excluding hydrogens is 421 g/mol. The van der Waals surface area contributed by atoms with Gasteiger partial charge < -0.3 is 9.40 Å². The van der Waals surface area contributed by atoms with Crippen molar-refractivity contribution in [3.05, 3.63) is 59.6 Å². The summed E-state index contributed by atoms with van der Waals surface area (Å²) in [5.74, 6) is 1.47. The van der Waals surface area contributed by atoms with Gasteiger partial charge >= 0.3 is 0 Å². The lowest BCUT2D eigenvalue weighted by atomic mass is 9.76. The Balaban J connectivity index is 1.31. The fourth-order valence-electron chi connectivity index (χ4n) is 5.12. The standard InChI is InChI=1S/C25H26FN5O2/c1-14-12-33-15(2)23(14)22(32)8-17-5-3-4-16(6-17)7-21-20(26)11-29-25(31-21)19-10-28-24-18(19)9-27-13-30-24/h9-13,16-17H,3-8H2,1-2H3,(H,27,28,30)/t16-,17+/m1/s1. The minimum Gasteiger partial charge on any atom is -0.469 e. The molecule has 1 fully saturated rings. The first kappa shape index (κ1) is 21.4. The lowest BCUT2D eigenvalue weighted by Crippen LogP contribution is -2.21. The van der Waals surface area contributed by atoms with Gasteiger partial charge in [0.25, 0.3) is 0 Å². The van der Waals surface area contributed by atoms with Crippen molar-refractivity contribution in [2.24, 2.45) is 11.8 Å². The number of carbonyl (C=O) groups excluding carboxylic acids is 1. The normalized spacial score (nSPS) is 18.6. The SMILES string of the molecule is Cc1coc(C)c1C(=O)C[C@H]1CCC[C@@H](Cc2nc(-c3c[nH]c4ncncc34)ncc2F)C1. The second-order valence-corrected chi connectivity index (χ2v) is 9.06. The molecule has 2 atom stereocenters. The van der Waals surface area contributed by atoms with E-state index in [-0.39, 0.29) is 11.7 Å². The van der Waals surface area contributed by atoms with Gasteiger partial charge in [0.15, 0.2) is 17.4 Å². The third-order valence-electron chi connectivity index (χ3n) is 6.70. The molecule has 0 spiro atoms. The van der Waals surface area contributed by atoms with E-state index in [0.717, 1.165) is 42.2 Å². The number of rotatable bonds is 6. The zero-order chi connectivity index (χ0) is 22.9. The molecular formula is C25H26FN5O2. The highest BCUT2D eigenvalue weighted by molar-refractivity contribution is 5.98. The van der Waals surface area contributed by atoms with Gasteiger partial charge in [-0.2, -0.15) is 0 Å². The fourth-order valence-corrected chi connectivity index (χ4v) is 5.12. The Morgan fingerprint density at radius 2 is 2.06 bits per heavy atom. The van der Waals surface area contributed by atoms with Gasteiger partial charge in [0.2, 0.25) is 0 Å². The Bertz CT molecular complexity index is 1290. The summed E-state index contributed by atoms with van der Waals surface area (Å²) in [6.45, 7) is 3.74. The summed E-state index contributed by atoms with van der Waals surface area (Å²) in [6, 6.07) is 0. The number of nitrogens with zero attached hydrogens (tertiary/aromatic N) is 4. The summed E-state index contributed by atoms with van der Waals surface area (Å²) in [5.41, 5.74) is 3.47. The summed E-state index contributed by atoms with van der Waals surface area (Å²) in [6.07, 6.45) is 12.8. The zero-order valence-electron chi connectivity index (χ0n) is 18.8. The summed E-state index contributed by atoms with van der Waals surface area (Å²) in [7, 11) is 0. The van der Waals surface area contributed by atoms with E-state index in [9.17, 15) is 9.18 Å². The fraction of sp³-hybridized carbons (Fsp3) is 0.400. The van der Waals surface area contributed by atoms with Crippen molar-refractivity contribution in [1.29, 1.82) is 0 Å². The Morgan fingerprint density at radius 3 is 2.88 bits per heavy atom. The molecule has 0 saturated heterocycles. The van der Waals surface area contributed by atoms with E-state index < -0.39 is 5.82 Å². The number of aryl methyl sites for hydroxylation is 2. The number of aromatic amines is 1. The molecule has 0 amide bonds. The van der Waals surface area contributed by atoms with Gasteiger partial charge in [0.1, 0.15) is 17.7 Å². The van der Waals surface area contributed by atoms with E-state index >= 15 is 0 Å². The number of halogens is 1. The highest BCUT2D eigenvalue weighted by Crippen LogP contribution is 2.35. The van der Waals surface area contributed by atoms with Crippen LogP contribution in [0.3, 0.4) is 0 Å². The molecule has 1 N–H and O–H groups in total. The van der Waals surface area contributed by atoms with Crippen LogP contribution in [0.5, 0.6) is 0 Å². The largest absolute Gasteiger partial charge is 0.469 e. The van der Waals surface area contributed by atoms with E-state index in [0.29, 0.717) is 47.2 Å². The van der Waals surface area contributed by atoms with E-state index in [1.165, 1.54) is 12.5 Å². The van der Waals surface area contributed by atoms with Gasteiger partial charge in [0.05, 0.1) is 23.7 Å². The van der Waals surface area contributed by atoms with Gasteiger partial charge in [-0.15, -0.1) is 0 Å². The number of H-pyrrole nitrogens is 1. The van der Waals surface area contributed by atoms with E-state index in [1.807, 2.05) is 13.8 Å². The number of ketones is 1. The molecule has 33 heavy (non-hydrogen) atoms. The molecule has 8 heteroatoms. The highest BCUT2D eigenvalue weighted by Gasteiger charge is 2.27. The molecule has 1 aliphatic rings. The molecule has 4 heterocycles. The molecule has 0 unspecified atom stereocenters. The van der Waals surface area contributed by atoms with Crippen molar-refractivity contribution >= 4 is 16.8 Å². The van der Waals surface area contributed by atoms with Crippen LogP contribution in [-0.2, 0) is 6.42 Å². The van der Waals surface area contributed by atoms with Gasteiger partial charge in [-0.3, -0.25) is 4.79 Å². The van der Waals surface area contributed by atoms with Crippen LogP contribution in [0.2, 0.25) is 0 Å². The molecule has 4 aromatic rings. The predicted molar refractivity (Wildman–Crippen MR) is 121 cm³/mol. The van der Waals surface area contributed by atoms with Crippen molar-refractivity contribution < 1.29 is 13.6 Å². The van der Waals surface area contributed by atoms with Gasteiger partial charge in [0, 0.05) is 29.8 Å². The van der Waals surface area contributed by atoms with Crippen molar-refractivity contribution in [2.45, 2.75) is 52.4 Å². The molecule has 7 nitrogen and oxygen atoms in total. The molecule has 0 radical (unpaired) electrons. The van der Waals surface area contributed by atoms with Crippen molar-refractivity contribution in [1.82, 2.24) is 24.9 Å². The third-order valence-corrected chi connectivity index (χ3v) is 6.70. The van der Waals surface area contributed by atoms with Crippen LogP contribution in [0.4, 0.5) is 4.39 Å². The van der Waals surface area contributed by atoms with Gasteiger partial charge in [-0.05, 0) is 50.5 Å². The smallest absolute Gasteiger partial charge is 0.166 e. The Morgan fingerprint density at radius 1 is 1.21 bits per heavy atom. The van der Waals surface area contributed by atoms with Crippen LogP contribution in [0.1, 0.15) is 59.5 Å². The number of aromatic nitrogens is 5. The van der Waals surface area contributed by atoms with E-state index in [1.54, 1.807) is 18.7 Å². The first-order valence-electron chi connectivity index (χ1n) is 11.4. The topological polar surface area (TPSA) is 97.6 Å². The average molecular weight is 448 g/mol. The van der Waals surface area contributed by atoms with Crippen LogP contribution < -0.4 is 0 Å². The first-order chi connectivity index (χ1) is 16.0. The number of fused-ring (bicyclic) bond motifs is 1. The summed E-state index contributed by atoms with van der Waals surface area (Å²) in [5, 5.41) is 0.802. The lowest BCUT2D eigenvalue weighted by Gasteiger charge is -2.28. The van der Waals surface area contributed by atoms with Crippen LogP contribution in [0.25, 0.3) is 22.4 Å². The van der Waals surface area contributed by atoms with Crippen LogP contribution >= 0.6 is 0 Å². The number of furan rings is 1. The molecule has 1 aliphatic carbocycles. The summed E-state index contributed by atoms with van der Waals surface area (Å²) in [4.78, 5) is 33.0. The number of hydrogen-bond donors (Lipinski definition) is 1. The van der Waals surface area contributed by atoms with Crippen LogP contribution in [0, 0.1) is 31.5 Å². The maximum atomic E-state index is 14.6. The summed E-state index contributed by atoms with van der Waals surface area (Å²) < 4.78 is 20.0. The van der Waals surface area contributed by atoms with Gasteiger partial charge in [-0.25, -0.2) is 24.3 Å². The molecule has 5 rings (SSSR count). The number of nitrogens with one attached hydrogen (secondary N) is 1. The van der Waals surface area contributed by atoms with E-state index in [4.69, 9.17) is 4.42 Å². The Kier molecular flexibility index (Phi) is 5.74. The molecule has 0 bridgehead atoms. The minimum absolute atomic E-state index is 0.140. The van der Waals surface area contributed by atoms with Crippen LogP contribution in [0.15, 0.2) is 35.6 Å². The van der Waals surface area contributed by atoms with Crippen molar-refractivity contribution in [2.75, 3.05) is 0 Å². The monoisotopic (exact) mass is 447 g/mol. The minimum atomic E-state index is -0.391. The maximum Gasteiger partial charge on any atom is 0.166 e. The second kappa shape index (κ2) is 8.84. The molecule has 4 aromatic heterocycles. The lowest BCUT2D eigenvalue weighted by molar-refractivity contribution is 0.0937. The van der Waals surface area contributed by atoms with E-state index in [2.05, 4.69) is 24.9 Å². The number of hydrogen-bond acceptors (Lipinski definition) is 6. The molecule has 0 aromatic carbocycles.